The summed E-state index contributed by atoms with van der Waals surface area (Å²) in [5.41, 5.74) is 5.03. The number of hydrogen-bond acceptors (Lipinski definition) is 7. The number of hydrogen-bond donors (Lipinski definition) is 2. The summed E-state index contributed by atoms with van der Waals surface area (Å²) in [6.45, 7) is 5.11. The molecule has 3 aromatic rings. The Bertz CT molecular complexity index is 933. The number of fused-ring (bicyclic) bond motifs is 1. The first-order valence-corrected chi connectivity index (χ1v) is 7.72. The molecule has 4 heterocycles. The Morgan fingerprint density at radius 3 is 2.96 bits per heavy atom. The number of carbonyl (C=O) groups is 1. The third-order valence-electron chi connectivity index (χ3n) is 4.15. The number of rotatable bonds is 3. The molecule has 2 N–H and O–H groups in total. The van der Waals surface area contributed by atoms with Gasteiger partial charge in [-0.2, -0.15) is 10.1 Å². The smallest absolute Gasteiger partial charge is 0.276 e. The van der Waals surface area contributed by atoms with Gasteiger partial charge in [0, 0.05) is 30.9 Å². The fourth-order valence-corrected chi connectivity index (χ4v) is 2.91. The van der Waals surface area contributed by atoms with Crippen LogP contribution in [0.15, 0.2) is 16.8 Å². The van der Waals surface area contributed by atoms with E-state index in [0.29, 0.717) is 23.1 Å². The summed E-state index contributed by atoms with van der Waals surface area (Å²) >= 11 is 0. The van der Waals surface area contributed by atoms with E-state index < -0.39 is 0 Å². The molecule has 0 radical (unpaired) electrons. The quantitative estimate of drug-likeness (QED) is 0.688. The van der Waals surface area contributed by atoms with E-state index in [0.717, 1.165) is 36.3 Å². The highest BCUT2D eigenvalue weighted by atomic mass is 35.5. The fraction of sp³-hybridized carbons (Fsp3) is 0.312. The number of pyridine rings is 1. The zero-order valence-corrected chi connectivity index (χ0v) is 14.6. The van der Waals surface area contributed by atoms with E-state index in [1.165, 1.54) is 12.5 Å². The molecule has 0 amide bonds. The molecule has 130 valence electrons. The molecule has 0 fully saturated rings. The molecule has 3 aromatic heterocycles. The first kappa shape index (κ1) is 17.2. The molecule has 4 rings (SSSR count). The Balaban J connectivity index is 0.00000182. The summed E-state index contributed by atoms with van der Waals surface area (Å²) in [4.78, 5) is 20.3. The monoisotopic (exact) mass is 360 g/mol. The summed E-state index contributed by atoms with van der Waals surface area (Å²) in [5.74, 6) is 0.686. The van der Waals surface area contributed by atoms with Crippen molar-refractivity contribution >= 4 is 18.2 Å². The minimum absolute atomic E-state index is 0. The number of ketones is 1. The van der Waals surface area contributed by atoms with Crippen molar-refractivity contribution in [2.75, 3.05) is 6.54 Å². The number of nitrogens with zero attached hydrogens (tertiary/aromatic N) is 4. The first-order chi connectivity index (χ1) is 11.6. The average Bonchev–Trinajstić information content (AvgIpc) is 3.24. The number of Topliss-reactive ketones (excluding diaryl/α,β-unsaturated/α-hetero) is 1. The summed E-state index contributed by atoms with van der Waals surface area (Å²) in [7, 11) is 0. The highest BCUT2D eigenvalue weighted by Crippen LogP contribution is 2.30. The maximum absolute atomic E-state index is 11.4. The number of H-pyrrole nitrogens is 1. The molecule has 1 aliphatic rings. The normalized spacial score (nSPS) is 13.2. The van der Waals surface area contributed by atoms with Crippen LogP contribution in [0.25, 0.3) is 23.0 Å². The van der Waals surface area contributed by atoms with Gasteiger partial charge in [0.05, 0.1) is 0 Å². The maximum Gasteiger partial charge on any atom is 0.276 e. The number of carbonyl (C=O) groups excluding carboxylic acids is 1. The summed E-state index contributed by atoms with van der Waals surface area (Å²) in [6, 6.07) is 1.61. The van der Waals surface area contributed by atoms with Crippen molar-refractivity contribution in [1.29, 1.82) is 0 Å². The number of aromatic amines is 1. The molecule has 0 unspecified atom stereocenters. The average molecular weight is 361 g/mol. The topological polar surface area (TPSA) is 110 Å². The molecular weight excluding hydrogens is 344 g/mol. The van der Waals surface area contributed by atoms with Gasteiger partial charge in [0.25, 0.3) is 5.89 Å². The van der Waals surface area contributed by atoms with E-state index in [9.17, 15) is 4.79 Å². The lowest BCUT2D eigenvalue weighted by atomic mass is 9.95. The van der Waals surface area contributed by atoms with Crippen molar-refractivity contribution in [3.63, 3.8) is 0 Å². The van der Waals surface area contributed by atoms with Gasteiger partial charge in [-0.3, -0.25) is 14.9 Å². The summed E-state index contributed by atoms with van der Waals surface area (Å²) in [6.07, 6.45) is 2.80. The zero-order valence-electron chi connectivity index (χ0n) is 13.8. The van der Waals surface area contributed by atoms with E-state index >= 15 is 0 Å². The lowest BCUT2D eigenvalue weighted by Gasteiger charge is -2.19. The third-order valence-corrected chi connectivity index (χ3v) is 4.15. The van der Waals surface area contributed by atoms with E-state index in [1.54, 1.807) is 6.07 Å². The van der Waals surface area contributed by atoms with Crippen LogP contribution in [0, 0.1) is 6.92 Å². The maximum atomic E-state index is 11.4. The molecule has 0 aliphatic carbocycles. The molecule has 1 aliphatic heterocycles. The molecule has 25 heavy (non-hydrogen) atoms. The second-order valence-corrected chi connectivity index (χ2v) is 5.80. The van der Waals surface area contributed by atoms with Gasteiger partial charge in [0.1, 0.15) is 11.4 Å². The molecule has 0 spiro atoms. The molecule has 0 atom stereocenters. The summed E-state index contributed by atoms with van der Waals surface area (Å²) < 4.78 is 5.36. The standard InChI is InChI=1S/C16H16N6O2.ClH/c1-8-14(11-3-4-17-6-10(11)7-18-8)15-19-16(24-22-15)13-5-12(9(2)23)20-21-13;/h5,7,17H,3-4,6H2,1-2H3,(H,20,21);1H. The van der Waals surface area contributed by atoms with E-state index in [2.05, 4.69) is 30.6 Å². The number of aromatic nitrogens is 5. The van der Waals surface area contributed by atoms with Gasteiger partial charge < -0.3 is 9.84 Å². The highest BCUT2D eigenvalue weighted by molar-refractivity contribution is 5.92. The third kappa shape index (κ3) is 3.06. The van der Waals surface area contributed by atoms with Crippen molar-refractivity contribution in [1.82, 2.24) is 30.6 Å². The van der Waals surface area contributed by atoms with Crippen LogP contribution in [0.1, 0.15) is 34.2 Å². The SMILES string of the molecule is CC(=O)c1cc(-c2nc(-c3c(C)ncc4c3CCNC4)no2)[nH]n1.Cl. The first-order valence-electron chi connectivity index (χ1n) is 7.72. The highest BCUT2D eigenvalue weighted by Gasteiger charge is 2.22. The Morgan fingerprint density at radius 1 is 1.36 bits per heavy atom. The van der Waals surface area contributed by atoms with Gasteiger partial charge in [0.2, 0.25) is 5.82 Å². The molecule has 0 aromatic carbocycles. The predicted molar refractivity (Wildman–Crippen MR) is 92.5 cm³/mol. The van der Waals surface area contributed by atoms with E-state index in [1.807, 2.05) is 13.1 Å². The minimum atomic E-state index is -0.123. The van der Waals surface area contributed by atoms with Gasteiger partial charge in [-0.25, -0.2) is 0 Å². The van der Waals surface area contributed by atoms with Crippen LogP contribution in [0.3, 0.4) is 0 Å². The molecule has 9 heteroatoms. The van der Waals surface area contributed by atoms with Crippen molar-refractivity contribution in [2.45, 2.75) is 26.8 Å². The fourth-order valence-electron chi connectivity index (χ4n) is 2.91. The van der Waals surface area contributed by atoms with Gasteiger partial charge in [-0.15, -0.1) is 12.4 Å². The minimum Gasteiger partial charge on any atom is -0.332 e. The van der Waals surface area contributed by atoms with E-state index in [4.69, 9.17) is 4.52 Å². The lowest BCUT2D eigenvalue weighted by Crippen LogP contribution is -2.24. The van der Waals surface area contributed by atoms with Crippen molar-refractivity contribution < 1.29 is 9.32 Å². The largest absolute Gasteiger partial charge is 0.332 e. The van der Waals surface area contributed by atoms with Crippen LogP contribution in [0.2, 0.25) is 0 Å². The van der Waals surface area contributed by atoms with Gasteiger partial charge in [-0.05, 0) is 37.1 Å². The molecule has 0 bridgehead atoms. The molecular formula is C16H17ClN6O2. The van der Waals surface area contributed by atoms with Crippen LogP contribution in [-0.4, -0.2) is 37.6 Å². The molecule has 0 saturated heterocycles. The lowest BCUT2D eigenvalue weighted by molar-refractivity contribution is 0.101. The van der Waals surface area contributed by atoms with Crippen molar-refractivity contribution in [2.24, 2.45) is 0 Å². The number of nitrogens with one attached hydrogen (secondary N) is 2. The Hall–Kier alpha value is -2.58. The van der Waals surface area contributed by atoms with Crippen LogP contribution in [0.5, 0.6) is 0 Å². The van der Waals surface area contributed by atoms with Crippen molar-refractivity contribution in [3.05, 3.63) is 34.8 Å². The van der Waals surface area contributed by atoms with Crippen LogP contribution in [0.4, 0.5) is 0 Å². The zero-order chi connectivity index (χ0) is 16.7. The Morgan fingerprint density at radius 2 is 2.20 bits per heavy atom. The van der Waals surface area contributed by atoms with E-state index in [-0.39, 0.29) is 18.2 Å². The van der Waals surface area contributed by atoms with Crippen LogP contribution < -0.4 is 5.32 Å². The Kier molecular flexibility index (Phi) is 4.65. The molecule has 0 saturated carbocycles. The predicted octanol–water partition coefficient (Wildman–Crippen LogP) is 2.10. The second kappa shape index (κ2) is 6.73. The number of halogens is 1. The summed E-state index contributed by atoms with van der Waals surface area (Å²) in [5, 5.41) is 14.1. The van der Waals surface area contributed by atoms with Crippen LogP contribution in [-0.2, 0) is 13.0 Å². The van der Waals surface area contributed by atoms with Gasteiger partial charge in [-0.1, -0.05) is 5.16 Å². The second-order valence-electron chi connectivity index (χ2n) is 5.80. The van der Waals surface area contributed by atoms with Gasteiger partial charge in [0.15, 0.2) is 5.78 Å². The van der Waals surface area contributed by atoms with Gasteiger partial charge >= 0.3 is 0 Å². The van der Waals surface area contributed by atoms with Crippen LogP contribution >= 0.6 is 12.4 Å². The Labute approximate surface area is 149 Å². The van der Waals surface area contributed by atoms with Crippen molar-refractivity contribution in [3.8, 4) is 23.0 Å². The molecule has 8 nitrogen and oxygen atoms in total. The number of aryl methyl sites for hydroxylation is 1.